The number of rotatable bonds is 7. The zero-order valence-corrected chi connectivity index (χ0v) is 15.5. The van der Waals surface area contributed by atoms with Crippen molar-refractivity contribution in [1.29, 1.82) is 0 Å². The van der Waals surface area contributed by atoms with Gasteiger partial charge in [0.2, 0.25) is 5.75 Å². The second-order valence-electron chi connectivity index (χ2n) is 5.37. The van der Waals surface area contributed by atoms with Gasteiger partial charge in [-0.05, 0) is 48.4 Å². The molecule has 2 aromatic carbocycles. The number of esters is 1. The summed E-state index contributed by atoms with van der Waals surface area (Å²) in [4.78, 5) is 12.1. The first kappa shape index (κ1) is 19.2. The molecule has 0 aliphatic heterocycles. The van der Waals surface area contributed by atoms with Gasteiger partial charge in [-0.15, -0.1) is 0 Å². The van der Waals surface area contributed by atoms with Crippen LogP contribution < -0.4 is 23.7 Å². The monoisotopic (exact) mass is 358 g/mol. The highest BCUT2D eigenvalue weighted by Crippen LogP contribution is 2.38. The molecule has 0 aliphatic carbocycles. The van der Waals surface area contributed by atoms with Crippen molar-refractivity contribution in [2.75, 3.05) is 28.4 Å². The molecule has 0 fully saturated rings. The lowest BCUT2D eigenvalue weighted by molar-refractivity contribution is -0.129. The molecule has 0 atom stereocenters. The minimum Gasteiger partial charge on any atom is -0.493 e. The number of methoxy groups -OCH3 is 4. The lowest BCUT2D eigenvalue weighted by atomic mass is 10.1. The first-order valence-corrected chi connectivity index (χ1v) is 7.87. The van der Waals surface area contributed by atoms with Crippen LogP contribution in [0.2, 0.25) is 0 Å². The zero-order valence-electron chi connectivity index (χ0n) is 15.5. The van der Waals surface area contributed by atoms with Gasteiger partial charge in [0.15, 0.2) is 23.0 Å². The Balaban J connectivity index is 2.20. The van der Waals surface area contributed by atoms with Crippen molar-refractivity contribution in [2.45, 2.75) is 6.92 Å². The van der Waals surface area contributed by atoms with E-state index in [9.17, 15) is 4.79 Å². The van der Waals surface area contributed by atoms with Gasteiger partial charge in [-0.1, -0.05) is 6.07 Å². The van der Waals surface area contributed by atoms with E-state index in [2.05, 4.69) is 0 Å². The molecule has 0 radical (unpaired) electrons. The maximum absolute atomic E-state index is 12.1. The average Bonchev–Trinajstić information content (AvgIpc) is 2.66. The molecule has 0 heterocycles. The smallest absolute Gasteiger partial charge is 0.336 e. The zero-order chi connectivity index (χ0) is 19.1. The maximum Gasteiger partial charge on any atom is 0.336 e. The Hall–Kier alpha value is -3.15. The lowest BCUT2D eigenvalue weighted by Gasteiger charge is -2.12. The minimum absolute atomic E-state index is 0.359. The Bertz CT molecular complexity index is 785. The minimum atomic E-state index is -0.527. The molecule has 0 spiro atoms. The van der Waals surface area contributed by atoms with E-state index in [1.54, 1.807) is 30.3 Å². The summed E-state index contributed by atoms with van der Waals surface area (Å²) >= 11 is 0. The van der Waals surface area contributed by atoms with E-state index in [0.717, 1.165) is 5.56 Å². The highest BCUT2D eigenvalue weighted by Gasteiger charge is 2.13. The molecular formula is C20H22O6. The van der Waals surface area contributed by atoms with E-state index in [1.165, 1.54) is 34.5 Å². The van der Waals surface area contributed by atoms with Gasteiger partial charge in [0.1, 0.15) is 0 Å². The van der Waals surface area contributed by atoms with Gasteiger partial charge in [0, 0.05) is 6.08 Å². The molecule has 26 heavy (non-hydrogen) atoms. The van der Waals surface area contributed by atoms with Crippen molar-refractivity contribution in [1.82, 2.24) is 0 Å². The van der Waals surface area contributed by atoms with Crippen molar-refractivity contribution in [3.63, 3.8) is 0 Å². The van der Waals surface area contributed by atoms with Crippen LogP contribution in [0.5, 0.6) is 28.7 Å². The summed E-state index contributed by atoms with van der Waals surface area (Å²) in [6, 6.07) is 8.80. The van der Waals surface area contributed by atoms with Gasteiger partial charge in [0.05, 0.1) is 28.4 Å². The van der Waals surface area contributed by atoms with Crippen LogP contribution in [0.1, 0.15) is 11.1 Å². The lowest BCUT2D eigenvalue weighted by Crippen LogP contribution is -2.05. The summed E-state index contributed by atoms with van der Waals surface area (Å²) in [6.07, 6.45) is 2.92. The second-order valence-corrected chi connectivity index (χ2v) is 5.37. The molecular weight excluding hydrogens is 336 g/mol. The molecule has 0 aromatic heterocycles. The normalized spacial score (nSPS) is 10.5. The van der Waals surface area contributed by atoms with Crippen LogP contribution in [0.4, 0.5) is 0 Å². The fourth-order valence-electron chi connectivity index (χ4n) is 2.36. The SMILES string of the molecule is COc1cc(C)ccc1OC(=O)/C=C/c1cc(OC)c(OC)c(OC)c1. The third-order valence-electron chi connectivity index (χ3n) is 3.63. The van der Waals surface area contributed by atoms with E-state index in [0.29, 0.717) is 34.3 Å². The fourth-order valence-corrected chi connectivity index (χ4v) is 2.36. The number of hydrogen-bond acceptors (Lipinski definition) is 6. The molecule has 0 N–H and O–H groups in total. The number of benzene rings is 2. The van der Waals surface area contributed by atoms with Crippen molar-refractivity contribution < 1.29 is 28.5 Å². The summed E-state index contributed by atoms with van der Waals surface area (Å²) < 4.78 is 26.4. The van der Waals surface area contributed by atoms with Crippen molar-refractivity contribution in [2.24, 2.45) is 0 Å². The van der Waals surface area contributed by atoms with Crippen LogP contribution in [0.3, 0.4) is 0 Å². The molecule has 0 amide bonds. The van der Waals surface area contributed by atoms with Gasteiger partial charge in [-0.25, -0.2) is 4.79 Å². The van der Waals surface area contributed by atoms with E-state index >= 15 is 0 Å². The molecule has 2 aromatic rings. The topological polar surface area (TPSA) is 63.2 Å². The van der Waals surface area contributed by atoms with Gasteiger partial charge < -0.3 is 23.7 Å². The maximum atomic E-state index is 12.1. The van der Waals surface area contributed by atoms with E-state index in [4.69, 9.17) is 23.7 Å². The summed E-state index contributed by atoms with van der Waals surface area (Å²) in [7, 11) is 6.12. The summed E-state index contributed by atoms with van der Waals surface area (Å²) in [5, 5.41) is 0. The van der Waals surface area contributed by atoms with Crippen LogP contribution in [0, 0.1) is 6.92 Å². The molecule has 0 bridgehead atoms. The average molecular weight is 358 g/mol. The van der Waals surface area contributed by atoms with Crippen LogP contribution in [-0.2, 0) is 4.79 Å². The van der Waals surface area contributed by atoms with Crippen LogP contribution in [-0.4, -0.2) is 34.4 Å². The van der Waals surface area contributed by atoms with Crippen LogP contribution >= 0.6 is 0 Å². The Kier molecular flexibility index (Phi) is 6.49. The molecule has 0 saturated carbocycles. The summed E-state index contributed by atoms with van der Waals surface area (Å²) in [5.74, 6) is 1.82. The van der Waals surface area contributed by atoms with Crippen molar-refractivity contribution in [3.05, 3.63) is 47.5 Å². The first-order chi connectivity index (χ1) is 12.5. The van der Waals surface area contributed by atoms with Gasteiger partial charge in [0.25, 0.3) is 0 Å². The Labute approximate surface area is 152 Å². The summed E-state index contributed by atoms with van der Waals surface area (Å²) in [6.45, 7) is 1.93. The molecule has 2 rings (SSSR count). The Morgan fingerprint density at radius 1 is 0.808 bits per heavy atom. The van der Waals surface area contributed by atoms with Gasteiger partial charge in [-0.3, -0.25) is 0 Å². The van der Waals surface area contributed by atoms with E-state index in [1.807, 2.05) is 13.0 Å². The molecule has 0 saturated heterocycles. The standard InChI is InChI=1S/C20H22O6/c1-13-6-8-15(16(10-13)22-2)26-19(21)9-7-14-11-17(23-3)20(25-5)18(12-14)24-4/h6-12H,1-5H3/b9-7+. The Morgan fingerprint density at radius 2 is 1.42 bits per heavy atom. The Morgan fingerprint density at radius 3 is 1.96 bits per heavy atom. The molecule has 0 aliphatic rings. The summed E-state index contributed by atoms with van der Waals surface area (Å²) in [5.41, 5.74) is 1.71. The second kappa shape index (κ2) is 8.80. The molecule has 6 nitrogen and oxygen atoms in total. The largest absolute Gasteiger partial charge is 0.493 e. The third-order valence-corrected chi connectivity index (χ3v) is 3.63. The number of aryl methyl sites for hydroxylation is 1. The van der Waals surface area contributed by atoms with Crippen molar-refractivity contribution in [3.8, 4) is 28.7 Å². The number of carbonyl (C=O) groups is 1. The van der Waals surface area contributed by atoms with E-state index in [-0.39, 0.29) is 0 Å². The van der Waals surface area contributed by atoms with Gasteiger partial charge >= 0.3 is 5.97 Å². The third kappa shape index (κ3) is 4.47. The quantitative estimate of drug-likeness (QED) is 0.428. The van der Waals surface area contributed by atoms with E-state index < -0.39 is 5.97 Å². The predicted molar refractivity (Wildman–Crippen MR) is 98.5 cm³/mol. The first-order valence-electron chi connectivity index (χ1n) is 7.87. The van der Waals surface area contributed by atoms with Crippen molar-refractivity contribution >= 4 is 12.0 Å². The highest BCUT2D eigenvalue weighted by molar-refractivity contribution is 5.89. The van der Waals surface area contributed by atoms with Crippen LogP contribution in [0.15, 0.2) is 36.4 Å². The predicted octanol–water partition coefficient (Wildman–Crippen LogP) is 3.65. The number of ether oxygens (including phenoxy) is 5. The fraction of sp³-hybridized carbons (Fsp3) is 0.250. The highest BCUT2D eigenvalue weighted by atomic mass is 16.6. The number of carbonyl (C=O) groups excluding carboxylic acids is 1. The van der Waals surface area contributed by atoms with Gasteiger partial charge in [-0.2, -0.15) is 0 Å². The molecule has 6 heteroatoms. The molecule has 138 valence electrons. The van der Waals surface area contributed by atoms with Crippen LogP contribution in [0.25, 0.3) is 6.08 Å². The number of hydrogen-bond donors (Lipinski definition) is 0. The molecule has 0 unspecified atom stereocenters.